The smallest absolute Gasteiger partial charge is 0.230 e. The zero-order valence-electron chi connectivity index (χ0n) is 20.6. The Morgan fingerprint density at radius 3 is 2.38 bits per heavy atom. The Labute approximate surface area is 203 Å². The first-order valence-electron chi connectivity index (χ1n) is 12.1. The second-order valence-electron chi connectivity index (χ2n) is 9.88. The number of ether oxygens (including phenoxy) is 1. The molecule has 2 aromatic rings. The highest BCUT2D eigenvalue weighted by Crippen LogP contribution is 2.27. The van der Waals surface area contributed by atoms with Gasteiger partial charge in [0.1, 0.15) is 0 Å². The summed E-state index contributed by atoms with van der Waals surface area (Å²) in [5.74, 6) is 0.570. The fraction of sp³-hybridized carbons (Fsp3) is 0.560. The Morgan fingerprint density at radius 1 is 1.00 bits per heavy atom. The van der Waals surface area contributed by atoms with Crippen LogP contribution in [0.15, 0.2) is 30.6 Å². The minimum absolute atomic E-state index is 0.0110. The molecule has 2 fully saturated rings. The SMILES string of the molecule is C=[Si](OCc1cccc(N2CCCN(c3cnc(N4CCOCC4)nc3)CC2)c1F)C(C)(C)C. The summed E-state index contributed by atoms with van der Waals surface area (Å²) in [6.07, 6.45) is 8.91. The van der Waals surface area contributed by atoms with Crippen LogP contribution in [0.3, 0.4) is 0 Å². The fourth-order valence-electron chi connectivity index (χ4n) is 4.12. The summed E-state index contributed by atoms with van der Waals surface area (Å²) in [5, 5.41) is 0.0110. The average Bonchev–Trinajstić information content (AvgIpc) is 3.09. The molecule has 0 N–H and O–H groups in total. The number of anilines is 3. The third-order valence-electron chi connectivity index (χ3n) is 6.42. The van der Waals surface area contributed by atoms with Gasteiger partial charge in [0.05, 0.1) is 43.6 Å². The van der Waals surface area contributed by atoms with Crippen molar-refractivity contribution in [2.24, 2.45) is 0 Å². The van der Waals surface area contributed by atoms with Gasteiger partial charge in [-0.1, -0.05) is 39.1 Å². The standard InChI is InChI=1S/C25H36FN5O2Si/c1-25(2,3)34(4)33-19-20-7-5-8-22(23(20)26)30-10-6-9-29(11-12-30)21-17-27-24(28-18-21)31-13-15-32-16-14-31/h5,7-8,17-18H,4,6,9-16,19H2,1-3H3. The molecule has 2 saturated heterocycles. The lowest BCUT2D eigenvalue weighted by Crippen LogP contribution is -2.37. The molecule has 2 aliphatic heterocycles. The van der Waals surface area contributed by atoms with E-state index in [-0.39, 0.29) is 17.5 Å². The Balaban J connectivity index is 1.39. The lowest BCUT2D eigenvalue weighted by atomic mass is 10.1. The van der Waals surface area contributed by atoms with E-state index in [0.717, 1.165) is 57.3 Å². The van der Waals surface area contributed by atoms with Gasteiger partial charge in [-0.05, 0) is 12.5 Å². The van der Waals surface area contributed by atoms with Crippen molar-refractivity contribution in [2.45, 2.75) is 38.8 Å². The van der Waals surface area contributed by atoms with Crippen LogP contribution in [-0.4, -0.2) is 77.3 Å². The number of benzene rings is 1. The number of nitrogens with zero attached hydrogens (tertiary/aromatic N) is 5. The second-order valence-corrected chi connectivity index (χ2v) is 12.5. The highest BCUT2D eigenvalue weighted by molar-refractivity contribution is 6.58. The van der Waals surface area contributed by atoms with Gasteiger partial charge in [-0.25, -0.2) is 14.4 Å². The Hall–Kier alpha value is -2.52. The molecule has 0 unspecified atom stereocenters. The first kappa shape index (κ1) is 24.6. The molecule has 3 heterocycles. The summed E-state index contributed by atoms with van der Waals surface area (Å²) in [7, 11) is -1.27. The molecular formula is C25H36FN5O2Si. The summed E-state index contributed by atoms with van der Waals surface area (Å²) < 4.78 is 26.8. The molecule has 0 radical (unpaired) electrons. The van der Waals surface area contributed by atoms with Crippen LogP contribution >= 0.6 is 0 Å². The third kappa shape index (κ3) is 5.93. The van der Waals surface area contributed by atoms with E-state index in [0.29, 0.717) is 24.5 Å². The number of hydrogen-bond acceptors (Lipinski definition) is 7. The van der Waals surface area contributed by atoms with Gasteiger partial charge >= 0.3 is 0 Å². The van der Waals surface area contributed by atoms with Crippen LogP contribution in [0.25, 0.3) is 0 Å². The number of halogens is 1. The molecule has 0 atom stereocenters. The first-order chi connectivity index (χ1) is 16.3. The van der Waals surface area contributed by atoms with E-state index in [1.807, 2.05) is 30.6 Å². The minimum atomic E-state index is -1.27. The van der Waals surface area contributed by atoms with Crippen molar-refractivity contribution in [2.75, 3.05) is 67.2 Å². The van der Waals surface area contributed by atoms with Crippen molar-refractivity contribution in [3.63, 3.8) is 0 Å². The maximum Gasteiger partial charge on any atom is 0.230 e. The molecule has 7 nitrogen and oxygen atoms in total. The number of rotatable bonds is 6. The van der Waals surface area contributed by atoms with Gasteiger partial charge < -0.3 is 23.9 Å². The van der Waals surface area contributed by atoms with Gasteiger partial charge in [0.15, 0.2) is 5.82 Å². The summed E-state index contributed by atoms with van der Waals surface area (Å²) in [6.45, 7) is 12.9. The molecule has 34 heavy (non-hydrogen) atoms. The maximum atomic E-state index is 15.4. The topological polar surface area (TPSA) is 54.0 Å². The van der Waals surface area contributed by atoms with Gasteiger partial charge in [-0.15, -0.1) is 0 Å². The fourth-order valence-corrected chi connectivity index (χ4v) is 4.89. The molecule has 0 spiro atoms. The van der Waals surface area contributed by atoms with Crippen molar-refractivity contribution < 1.29 is 13.6 Å². The van der Waals surface area contributed by atoms with Gasteiger partial charge in [0.25, 0.3) is 0 Å². The van der Waals surface area contributed by atoms with Gasteiger partial charge in [0.2, 0.25) is 14.6 Å². The van der Waals surface area contributed by atoms with Crippen molar-refractivity contribution >= 4 is 32.2 Å². The molecule has 2 aliphatic rings. The molecule has 0 bridgehead atoms. The minimum Gasteiger partial charge on any atom is -0.547 e. The predicted octanol–water partition coefficient (Wildman–Crippen LogP) is 3.49. The van der Waals surface area contributed by atoms with E-state index in [4.69, 9.17) is 9.16 Å². The monoisotopic (exact) mass is 485 g/mol. The van der Waals surface area contributed by atoms with E-state index in [1.54, 1.807) is 0 Å². The van der Waals surface area contributed by atoms with Crippen LogP contribution in [0.4, 0.5) is 21.7 Å². The van der Waals surface area contributed by atoms with Crippen LogP contribution in [0, 0.1) is 5.82 Å². The van der Waals surface area contributed by atoms with E-state index >= 15 is 4.39 Å². The van der Waals surface area contributed by atoms with Gasteiger partial charge in [-0.2, -0.15) is 0 Å². The average molecular weight is 486 g/mol. The Bertz CT molecular complexity index is 976. The molecule has 0 amide bonds. The van der Waals surface area contributed by atoms with Crippen LogP contribution in [0.5, 0.6) is 0 Å². The molecule has 4 rings (SSSR count). The van der Waals surface area contributed by atoms with Gasteiger partial charge in [0, 0.05) is 49.9 Å². The summed E-state index contributed by atoms with van der Waals surface area (Å²) in [4.78, 5) is 15.8. The van der Waals surface area contributed by atoms with E-state index in [1.165, 1.54) is 0 Å². The predicted molar refractivity (Wildman–Crippen MR) is 138 cm³/mol. The molecule has 0 aliphatic carbocycles. The number of hydrogen-bond donors (Lipinski definition) is 0. The third-order valence-corrected chi connectivity index (χ3v) is 8.58. The quantitative estimate of drug-likeness (QED) is 0.581. The lowest BCUT2D eigenvalue weighted by molar-refractivity contribution is 0.122. The van der Waals surface area contributed by atoms with Crippen LogP contribution in [-0.2, 0) is 15.8 Å². The number of aromatic nitrogens is 2. The highest BCUT2D eigenvalue weighted by Gasteiger charge is 2.22. The first-order valence-corrected chi connectivity index (χ1v) is 13.7. The van der Waals surface area contributed by atoms with Gasteiger partial charge in [-0.3, -0.25) is 0 Å². The van der Waals surface area contributed by atoms with Crippen molar-refractivity contribution in [1.29, 1.82) is 0 Å². The van der Waals surface area contributed by atoms with Crippen molar-refractivity contribution in [1.82, 2.24) is 9.97 Å². The molecule has 184 valence electrons. The maximum absolute atomic E-state index is 15.4. The molecule has 1 aromatic carbocycles. The Morgan fingerprint density at radius 2 is 1.68 bits per heavy atom. The Kier molecular flexibility index (Phi) is 7.83. The largest absolute Gasteiger partial charge is 0.547 e. The van der Waals surface area contributed by atoms with E-state index in [9.17, 15) is 0 Å². The molecule has 9 heteroatoms. The zero-order valence-corrected chi connectivity index (χ0v) is 21.6. The molecular weight excluding hydrogens is 449 g/mol. The van der Waals surface area contributed by atoms with Crippen LogP contribution < -0.4 is 14.7 Å². The van der Waals surface area contributed by atoms with Crippen LogP contribution in [0.2, 0.25) is 5.04 Å². The lowest BCUT2D eigenvalue weighted by Gasteiger charge is -2.28. The van der Waals surface area contributed by atoms with Crippen molar-refractivity contribution in [3.05, 3.63) is 42.0 Å². The van der Waals surface area contributed by atoms with Crippen molar-refractivity contribution in [3.8, 4) is 0 Å². The molecule has 0 saturated carbocycles. The zero-order chi connectivity index (χ0) is 24.1. The number of morpholine rings is 1. The summed E-state index contributed by atoms with van der Waals surface area (Å²) >= 11 is 0. The highest BCUT2D eigenvalue weighted by atomic mass is 28.3. The summed E-state index contributed by atoms with van der Waals surface area (Å²) in [6, 6.07) is 5.60. The molecule has 1 aromatic heterocycles. The normalized spacial score (nSPS) is 17.5. The van der Waals surface area contributed by atoms with Crippen LogP contribution in [0.1, 0.15) is 32.8 Å². The second kappa shape index (κ2) is 10.8. The van der Waals surface area contributed by atoms with E-state index in [2.05, 4.69) is 51.6 Å². The van der Waals surface area contributed by atoms with E-state index < -0.39 is 8.65 Å². The summed E-state index contributed by atoms with van der Waals surface area (Å²) in [5.41, 5.74) is 2.25.